The van der Waals surface area contributed by atoms with Gasteiger partial charge in [-0.1, -0.05) is 12.2 Å². The lowest BCUT2D eigenvalue weighted by Gasteiger charge is -2.58. The predicted octanol–water partition coefficient (Wildman–Crippen LogP) is 2.85. The lowest BCUT2D eigenvalue weighted by Crippen LogP contribution is -2.62. The maximum Gasteiger partial charge on any atom is 0.335 e. The normalized spacial score (nSPS) is 44.1. The summed E-state index contributed by atoms with van der Waals surface area (Å²) in [5.41, 5.74) is -0.369. The lowest BCUT2D eigenvalue weighted by atomic mass is 9.52. The smallest absolute Gasteiger partial charge is 0.263 e. The molecule has 5 heteroatoms. The van der Waals surface area contributed by atoms with Gasteiger partial charge in [-0.05, 0) is 75.5 Å². The Hall–Kier alpha value is -1.65. The topological polar surface area (TPSA) is 57.7 Å². The fourth-order valence-electron chi connectivity index (χ4n) is 6.54. The van der Waals surface area contributed by atoms with Crippen molar-refractivity contribution in [2.45, 2.75) is 69.4 Å². The van der Waals surface area contributed by atoms with Crippen LogP contribution in [0.2, 0.25) is 0 Å². The summed E-state index contributed by atoms with van der Waals surface area (Å²) in [7, 11) is 0. The number of hydrogen-bond acceptors (Lipinski definition) is 3. The highest BCUT2D eigenvalue weighted by Crippen LogP contribution is 2.58. The van der Waals surface area contributed by atoms with E-state index in [1.54, 1.807) is 0 Å². The van der Waals surface area contributed by atoms with Gasteiger partial charge in [0.2, 0.25) is 0 Å². The van der Waals surface area contributed by atoms with E-state index in [-0.39, 0.29) is 17.6 Å². The molecule has 0 radical (unpaired) electrons. The van der Waals surface area contributed by atoms with Crippen LogP contribution in [0.4, 0.5) is 4.79 Å². The van der Waals surface area contributed by atoms with Crippen molar-refractivity contribution < 1.29 is 14.4 Å². The number of carbonyl (C=O) groups excluding carboxylic acids is 3. The van der Waals surface area contributed by atoms with Crippen molar-refractivity contribution >= 4 is 17.8 Å². The van der Waals surface area contributed by atoms with E-state index in [0.717, 1.165) is 38.5 Å². The molecule has 1 unspecified atom stereocenters. The van der Waals surface area contributed by atoms with Gasteiger partial charge in [0.15, 0.2) is 0 Å². The summed E-state index contributed by atoms with van der Waals surface area (Å²) < 4.78 is 0. The molecule has 4 bridgehead atoms. The highest BCUT2D eigenvalue weighted by atomic mass is 16.2. The van der Waals surface area contributed by atoms with Crippen LogP contribution in [0.1, 0.15) is 57.8 Å². The van der Waals surface area contributed by atoms with Gasteiger partial charge in [-0.2, -0.15) is 0 Å². The molecule has 1 saturated heterocycles. The molecule has 0 aromatic rings. The average Bonchev–Trinajstić information content (AvgIpc) is 2.77. The van der Waals surface area contributed by atoms with E-state index in [0.29, 0.717) is 17.8 Å². The van der Waals surface area contributed by atoms with E-state index in [2.05, 4.69) is 0 Å². The van der Waals surface area contributed by atoms with E-state index >= 15 is 0 Å². The summed E-state index contributed by atoms with van der Waals surface area (Å²) in [6.07, 6.45) is 13.2. The summed E-state index contributed by atoms with van der Waals surface area (Å²) in [6, 6.07) is -0.579. The summed E-state index contributed by atoms with van der Waals surface area (Å²) in [5, 5.41) is 0. The third-order valence-electron chi connectivity index (χ3n) is 7.04. The molecule has 6 rings (SSSR count). The van der Waals surface area contributed by atoms with Gasteiger partial charge >= 0.3 is 17.8 Å². The van der Waals surface area contributed by atoms with Gasteiger partial charge in [0.1, 0.15) is 0 Å². The highest BCUT2D eigenvalue weighted by Gasteiger charge is 2.61. The van der Waals surface area contributed by atoms with Crippen molar-refractivity contribution in [1.82, 2.24) is 9.80 Å². The molecule has 1 atom stereocenters. The molecule has 4 saturated carbocycles. The Labute approximate surface area is 142 Å². The van der Waals surface area contributed by atoms with Crippen LogP contribution in [0, 0.1) is 17.8 Å². The van der Waals surface area contributed by atoms with Gasteiger partial charge in [0, 0.05) is 0 Å². The molecule has 0 aromatic carbocycles. The second kappa shape index (κ2) is 4.93. The van der Waals surface area contributed by atoms with Crippen LogP contribution >= 0.6 is 0 Å². The van der Waals surface area contributed by atoms with Gasteiger partial charge in [-0.15, -0.1) is 0 Å². The fourth-order valence-corrected chi connectivity index (χ4v) is 6.54. The van der Waals surface area contributed by atoms with Crippen LogP contribution in [0.5, 0.6) is 0 Å². The number of carbonyl (C=O) groups is 3. The standard InChI is InChI=1S/C19H24N2O3/c22-16-17(23)21(18(24)20(16)15-4-2-1-3-5-15)19-9-12-6-13(10-19)8-14(7-12)11-19/h2,4,12-15H,1,3,5-11H2. The van der Waals surface area contributed by atoms with Gasteiger partial charge in [-0.25, -0.2) is 14.6 Å². The van der Waals surface area contributed by atoms with Crippen molar-refractivity contribution in [2.75, 3.05) is 0 Å². The molecular weight excluding hydrogens is 304 g/mol. The maximum absolute atomic E-state index is 13.1. The Balaban J connectivity index is 1.49. The fraction of sp³-hybridized carbons (Fsp3) is 0.737. The first kappa shape index (κ1) is 14.7. The van der Waals surface area contributed by atoms with Crippen LogP contribution in [-0.4, -0.2) is 39.2 Å². The third-order valence-corrected chi connectivity index (χ3v) is 7.04. The van der Waals surface area contributed by atoms with Crippen LogP contribution < -0.4 is 0 Å². The Morgan fingerprint density at radius 2 is 1.54 bits per heavy atom. The molecular formula is C19H24N2O3. The summed E-state index contributed by atoms with van der Waals surface area (Å²) >= 11 is 0. The van der Waals surface area contributed by atoms with Gasteiger partial charge < -0.3 is 0 Å². The largest absolute Gasteiger partial charge is 0.335 e. The van der Waals surface area contributed by atoms with Crippen molar-refractivity contribution in [3.8, 4) is 0 Å². The van der Waals surface area contributed by atoms with Crippen LogP contribution in [0.3, 0.4) is 0 Å². The molecule has 24 heavy (non-hydrogen) atoms. The van der Waals surface area contributed by atoms with E-state index in [1.807, 2.05) is 12.2 Å². The molecule has 0 aromatic heterocycles. The first-order valence-electron chi connectivity index (χ1n) is 9.46. The zero-order valence-electron chi connectivity index (χ0n) is 13.9. The number of nitrogens with zero attached hydrogens (tertiary/aromatic N) is 2. The SMILES string of the molecule is O=C1C(=O)N(C23CC4CC(CC(C4)C2)C3)C(=O)N1C1C=CCCC1. The molecule has 5 fully saturated rings. The van der Waals surface area contributed by atoms with E-state index < -0.39 is 11.8 Å². The summed E-state index contributed by atoms with van der Waals surface area (Å²) in [6.45, 7) is 0. The Kier molecular flexibility index (Phi) is 3.01. The molecule has 4 amide bonds. The maximum atomic E-state index is 13.1. The van der Waals surface area contributed by atoms with E-state index in [9.17, 15) is 14.4 Å². The monoisotopic (exact) mass is 328 g/mol. The van der Waals surface area contributed by atoms with E-state index in [4.69, 9.17) is 0 Å². The number of rotatable bonds is 2. The van der Waals surface area contributed by atoms with Crippen molar-refractivity contribution in [3.05, 3.63) is 12.2 Å². The van der Waals surface area contributed by atoms with Crippen LogP contribution in [-0.2, 0) is 9.59 Å². The number of amides is 4. The molecule has 1 aliphatic heterocycles. The number of hydrogen-bond donors (Lipinski definition) is 0. The predicted molar refractivity (Wildman–Crippen MR) is 86.8 cm³/mol. The minimum atomic E-state index is -0.604. The number of allylic oxidation sites excluding steroid dienone is 1. The van der Waals surface area contributed by atoms with Crippen molar-refractivity contribution in [1.29, 1.82) is 0 Å². The Morgan fingerprint density at radius 3 is 2.08 bits per heavy atom. The Morgan fingerprint density at radius 1 is 0.917 bits per heavy atom. The minimum Gasteiger partial charge on any atom is -0.263 e. The Bertz CT molecular complexity index is 618. The summed E-state index contributed by atoms with van der Waals surface area (Å²) in [5.74, 6) is 0.731. The van der Waals surface area contributed by atoms with Gasteiger partial charge in [0.25, 0.3) is 0 Å². The summed E-state index contributed by atoms with van der Waals surface area (Å²) in [4.78, 5) is 41.1. The first-order chi connectivity index (χ1) is 11.6. The van der Waals surface area contributed by atoms with Gasteiger partial charge in [0.05, 0.1) is 11.6 Å². The molecule has 0 spiro atoms. The molecule has 0 N–H and O–H groups in total. The van der Waals surface area contributed by atoms with Crippen LogP contribution in [0.15, 0.2) is 12.2 Å². The lowest BCUT2D eigenvalue weighted by molar-refractivity contribution is -0.150. The number of imide groups is 2. The first-order valence-corrected chi connectivity index (χ1v) is 9.46. The molecule has 6 aliphatic rings. The number of urea groups is 1. The second-order valence-electron chi connectivity index (χ2n) is 8.67. The van der Waals surface area contributed by atoms with Gasteiger partial charge in [-0.3, -0.25) is 9.59 Å². The van der Waals surface area contributed by atoms with Crippen molar-refractivity contribution in [2.24, 2.45) is 17.8 Å². The molecule has 128 valence electrons. The quantitative estimate of drug-likeness (QED) is 0.445. The zero-order chi connectivity index (χ0) is 16.5. The second-order valence-corrected chi connectivity index (χ2v) is 8.67. The van der Waals surface area contributed by atoms with Crippen LogP contribution in [0.25, 0.3) is 0 Å². The highest BCUT2D eigenvalue weighted by molar-refractivity contribution is 6.45. The molecule has 5 nitrogen and oxygen atoms in total. The average molecular weight is 328 g/mol. The van der Waals surface area contributed by atoms with E-state index in [1.165, 1.54) is 29.1 Å². The molecule has 1 heterocycles. The minimum absolute atomic E-state index is 0.235. The zero-order valence-corrected chi connectivity index (χ0v) is 13.9. The van der Waals surface area contributed by atoms with Crippen molar-refractivity contribution in [3.63, 3.8) is 0 Å². The third kappa shape index (κ3) is 1.90. The molecule has 5 aliphatic carbocycles.